The molecule has 2 aromatic carbocycles. The number of ether oxygens (including phenoxy) is 2. The van der Waals surface area contributed by atoms with Gasteiger partial charge in [-0.1, -0.05) is 18.2 Å². The van der Waals surface area contributed by atoms with Crippen LogP contribution in [0.3, 0.4) is 0 Å². The Morgan fingerprint density at radius 2 is 2.06 bits per heavy atom. The smallest absolute Gasteiger partial charge is 0.174 e. The Hall–Kier alpha value is -3.65. The number of hydrogen-bond acceptors (Lipinski definition) is 6. The molecule has 0 spiro atoms. The number of halogens is 1. The molecule has 0 aliphatic carbocycles. The average Bonchev–Trinajstić information content (AvgIpc) is 3.49. The van der Waals surface area contributed by atoms with E-state index >= 15 is 0 Å². The fourth-order valence-corrected chi connectivity index (χ4v) is 4.82. The lowest BCUT2D eigenvalue weighted by Gasteiger charge is -2.24. The number of aromatic nitrogens is 3. The predicted octanol–water partition coefficient (Wildman–Crippen LogP) is 4.90. The van der Waals surface area contributed by atoms with Gasteiger partial charge in [0.2, 0.25) is 0 Å². The van der Waals surface area contributed by atoms with Crippen molar-refractivity contribution in [3.63, 3.8) is 0 Å². The molecule has 2 aliphatic rings. The molecule has 182 valence electrons. The summed E-state index contributed by atoms with van der Waals surface area (Å²) in [5.74, 6) is 2.19. The second-order valence-corrected chi connectivity index (χ2v) is 8.90. The molecule has 8 heteroatoms. The van der Waals surface area contributed by atoms with E-state index in [9.17, 15) is 4.39 Å². The van der Waals surface area contributed by atoms with Crippen LogP contribution < -0.4 is 15.0 Å². The van der Waals surface area contributed by atoms with Crippen molar-refractivity contribution in [1.29, 1.82) is 0 Å². The zero-order chi connectivity index (χ0) is 24.4. The van der Waals surface area contributed by atoms with Gasteiger partial charge in [-0.15, -0.1) is 0 Å². The molecular weight excluding hydrogens is 445 g/mol. The Balaban J connectivity index is 1.40. The molecular formula is C27H30FN5O2. The molecule has 2 aliphatic heterocycles. The van der Waals surface area contributed by atoms with E-state index in [0.29, 0.717) is 12.4 Å². The first-order valence-corrected chi connectivity index (χ1v) is 11.8. The Labute approximate surface area is 204 Å². The van der Waals surface area contributed by atoms with Crippen molar-refractivity contribution in [1.82, 2.24) is 20.1 Å². The number of rotatable bonds is 7. The first-order chi connectivity index (χ1) is 17.1. The number of hydrogen-bond donors (Lipinski definition) is 1. The Morgan fingerprint density at radius 3 is 2.83 bits per heavy atom. The molecule has 0 saturated carbocycles. The van der Waals surface area contributed by atoms with Gasteiger partial charge in [0.25, 0.3) is 0 Å². The first-order valence-electron chi connectivity index (χ1n) is 11.8. The highest BCUT2D eigenvalue weighted by atomic mass is 19.1. The summed E-state index contributed by atoms with van der Waals surface area (Å²) in [6, 6.07) is 11.1. The van der Waals surface area contributed by atoms with Gasteiger partial charge in [-0.05, 0) is 66.8 Å². The highest BCUT2D eigenvalue weighted by Gasteiger charge is 2.27. The van der Waals surface area contributed by atoms with E-state index < -0.39 is 0 Å². The lowest BCUT2D eigenvalue weighted by molar-refractivity contribution is 0.183. The lowest BCUT2D eigenvalue weighted by Crippen LogP contribution is -2.20. The van der Waals surface area contributed by atoms with Gasteiger partial charge in [0, 0.05) is 31.5 Å². The lowest BCUT2D eigenvalue weighted by atomic mass is 9.88. The Bertz CT molecular complexity index is 1280. The number of fused-ring (bicyclic) bond motifs is 1. The second-order valence-electron chi connectivity index (χ2n) is 8.90. The average molecular weight is 476 g/mol. The summed E-state index contributed by atoms with van der Waals surface area (Å²) in [7, 11) is 3.31. The maximum Gasteiger partial charge on any atom is 0.174 e. The maximum atomic E-state index is 13.9. The van der Waals surface area contributed by atoms with Crippen LogP contribution in [0, 0.1) is 5.82 Å². The van der Waals surface area contributed by atoms with Crippen molar-refractivity contribution < 1.29 is 13.9 Å². The van der Waals surface area contributed by atoms with Gasteiger partial charge in [0.05, 0.1) is 26.1 Å². The molecule has 1 aromatic heterocycles. The monoisotopic (exact) mass is 475 g/mol. The molecule has 35 heavy (non-hydrogen) atoms. The molecule has 0 amide bonds. The van der Waals surface area contributed by atoms with E-state index in [1.54, 1.807) is 20.3 Å². The quantitative estimate of drug-likeness (QED) is 0.525. The highest BCUT2D eigenvalue weighted by Crippen LogP contribution is 2.35. The predicted molar refractivity (Wildman–Crippen MR) is 134 cm³/mol. The van der Waals surface area contributed by atoms with Gasteiger partial charge >= 0.3 is 0 Å². The topological polar surface area (TPSA) is 64.4 Å². The van der Waals surface area contributed by atoms with E-state index in [-0.39, 0.29) is 11.7 Å². The summed E-state index contributed by atoms with van der Waals surface area (Å²) in [5, 5.41) is 8.03. The number of nitrogens with zero attached hydrogens (tertiary/aromatic N) is 4. The van der Waals surface area contributed by atoms with Crippen LogP contribution >= 0.6 is 0 Å². The number of benzene rings is 2. The number of methoxy groups -OCH3 is 2. The van der Waals surface area contributed by atoms with E-state index in [4.69, 9.17) is 19.6 Å². The Morgan fingerprint density at radius 1 is 1.17 bits per heavy atom. The van der Waals surface area contributed by atoms with Gasteiger partial charge < -0.3 is 19.7 Å². The van der Waals surface area contributed by atoms with Crippen molar-refractivity contribution in [2.75, 3.05) is 25.8 Å². The van der Waals surface area contributed by atoms with Crippen molar-refractivity contribution in [3.05, 3.63) is 82.5 Å². The summed E-state index contributed by atoms with van der Waals surface area (Å²) in [4.78, 5) is 6.98. The van der Waals surface area contributed by atoms with Crippen LogP contribution in [0.2, 0.25) is 0 Å². The zero-order valence-electron chi connectivity index (χ0n) is 20.3. The minimum absolute atomic E-state index is 0.0640. The molecule has 5 rings (SSSR count). The van der Waals surface area contributed by atoms with Crippen molar-refractivity contribution in [3.8, 4) is 5.75 Å². The number of nitrogens with one attached hydrogen (secondary N) is 1. The second kappa shape index (κ2) is 9.92. The zero-order valence-corrected chi connectivity index (χ0v) is 20.3. The van der Waals surface area contributed by atoms with Crippen molar-refractivity contribution in [2.24, 2.45) is 0 Å². The largest absolute Gasteiger partial charge is 0.495 e. The van der Waals surface area contributed by atoms with Gasteiger partial charge in [0.1, 0.15) is 17.4 Å². The molecule has 0 bridgehead atoms. The van der Waals surface area contributed by atoms with Crippen LogP contribution in [0.15, 0.2) is 48.3 Å². The minimum Gasteiger partial charge on any atom is -0.495 e. The Kier molecular flexibility index (Phi) is 6.55. The van der Waals surface area contributed by atoms with E-state index in [0.717, 1.165) is 65.7 Å². The van der Waals surface area contributed by atoms with Gasteiger partial charge in [0.15, 0.2) is 5.82 Å². The van der Waals surface area contributed by atoms with Crippen LogP contribution in [0.1, 0.15) is 54.0 Å². The summed E-state index contributed by atoms with van der Waals surface area (Å²) < 4.78 is 26.8. The van der Waals surface area contributed by atoms with E-state index in [2.05, 4.69) is 28.5 Å². The van der Waals surface area contributed by atoms with Crippen LogP contribution in [0.25, 0.3) is 12.2 Å². The molecule has 1 atom stereocenters. The van der Waals surface area contributed by atoms with Crippen LogP contribution in [-0.4, -0.2) is 35.7 Å². The summed E-state index contributed by atoms with van der Waals surface area (Å²) >= 11 is 0. The van der Waals surface area contributed by atoms with Crippen LogP contribution in [0.4, 0.5) is 10.1 Å². The molecule has 1 N–H and O–H groups in total. The summed E-state index contributed by atoms with van der Waals surface area (Å²) in [6.07, 6.45) is 7.94. The fourth-order valence-electron chi connectivity index (χ4n) is 4.82. The molecule has 3 aromatic rings. The van der Waals surface area contributed by atoms with Crippen molar-refractivity contribution in [2.45, 2.75) is 38.8 Å². The van der Waals surface area contributed by atoms with Crippen LogP contribution in [-0.2, 0) is 17.9 Å². The van der Waals surface area contributed by atoms with Gasteiger partial charge in [-0.3, -0.25) is 0 Å². The van der Waals surface area contributed by atoms with Gasteiger partial charge in [-0.25, -0.2) is 14.1 Å². The molecule has 0 saturated heterocycles. The number of aryl methyl sites for hydroxylation is 1. The van der Waals surface area contributed by atoms with Crippen LogP contribution in [0.5, 0.6) is 5.75 Å². The SMILES string of the molecule is COCc1cc(F)ccc1C1CCCn2nc(/C=C/c3ccc(N4C=C(C)NC4)c(OC)c3)nc21. The minimum atomic E-state index is -0.254. The highest BCUT2D eigenvalue weighted by molar-refractivity contribution is 5.72. The summed E-state index contributed by atoms with van der Waals surface area (Å²) in [6.45, 7) is 3.96. The first kappa shape index (κ1) is 23.1. The third kappa shape index (κ3) is 4.79. The van der Waals surface area contributed by atoms with Gasteiger partial charge in [-0.2, -0.15) is 5.10 Å². The molecule has 3 heterocycles. The number of allylic oxidation sites excluding steroid dienone is 1. The third-order valence-corrected chi connectivity index (χ3v) is 6.49. The number of anilines is 1. The summed E-state index contributed by atoms with van der Waals surface area (Å²) in [5.41, 5.74) is 5.05. The van der Waals surface area contributed by atoms with E-state index in [1.165, 1.54) is 6.07 Å². The molecule has 0 fully saturated rings. The maximum absolute atomic E-state index is 13.9. The van der Waals surface area contributed by atoms with Crippen molar-refractivity contribution >= 4 is 17.8 Å². The normalized spacial score (nSPS) is 17.4. The standard InChI is InChI=1S/C27H30FN5O2/c1-18-15-32(17-29-18)24-10-6-19(13-25(24)35-3)7-11-26-30-27-23(5-4-12-33(27)31-26)22-9-8-21(28)14-20(22)16-34-2/h6-11,13-15,23,29H,4-5,12,16-17H2,1-3H3/b11-7+. The molecule has 0 radical (unpaired) electrons. The molecule has 1 unspecified atom stereocenters. The molecule has 7 nitrogen and oxygen atoms in total. The fraction of sp³-hybridized carbons (Fsp3) is 0.333. The van der Waals surface area contributed by atoms with E-state index in [1.807, 2.05) is 35.9 Å². The third-order valence-electron chi connectivity index (χ3n) is 6.49.